The molecule has 113 heavy (non-hydrogen) atoms. The Bertz CT molecular complexity index is 4220. The van der Waals surface area contributed by atoms with Crippen molar-refractivity contribution >= 4 is 106 Å². The third kappa shape index (κ3) is 27.6. The molecule has 1 aliphatic rings. The average molecular weight is 1600 g/mol. The van der Waals surface area contributed by atoms with Crippen LogP contribution in [-0.4, -0.2) is 149 Å². The number of thioether (sulfide) groups is 2. The molecular weight excluding hydrogens is 1500 g/mol. The number of nitrogens with two attached hydrogens (primary N) is 3. The molecule has 0 spiro atoms. The number of hydrogen-bond acceptors (Lipinski definition) is 16. The summed E-state index contributed by atoms with van der Waals surface area (Å²) >= 11 is 9.01. The molecule has 1 saturated heterocycles. The number of alkyl carbamates (subject to hydrolysis) is 1. The van der Waals surface area contributed by atoms with Crippen LogP contribution in [0.5, 0.6) is 5.75 Å². The highest BCUT2D eigenvalue weighted by Crippen LogP contribution is 2.48. The van der Waals surface area contributed by atoms with Crippen molar-refractivity contribution in [3.05, 3.63) is 244 Å². The van der Waals surface area contributed by atoms with E-state index in [-0.39, 0.29) is 57.6 Å². The summed E-state index contributed by atoms with van der Waals surface area (Å²) in [4.78, 5) is 168. The molecule has 12 amide bonds. The van der Waals surface area contributed by atoms with Crippen molar-refractivity contribution < 1.29 is 67.0 Å². The van der Waals surface area contributed by atoms with Crippen LogP contribution in [0.25, 0.3) is 0 Å². The van der Waals surface area contributed by atoms with Gasteiger partial charge in [0.15, 0.2) is 0 Å². The number of carbonyl (C=O) groups is 12. The van der Waals surface area contributed by atoms with E-state index in [0.717, 1.165) is 27.8 Å². The molecule has 0 radical (unpaired) electrons. The molecule has 7 aromatic carbocycles. The lowest BCUT2D eigenvalue weighted by Crippen LogP contribution is -2.61. The van der Waals surface area contributed by atoms with E-state index in [1.165, 1.54) is 16.7 Å². The van der Waals surface area contributed by atoms with Gasteiger partial charge in [-0.15, -0.1) is 11.8 Å². The van der Waals surface area contributed by atoms with Crippen molar-refractivity contribution in [3.8, 4) is 5.75 Å². The predicted molar refractivity (Wildman–Crippen MR) is 434 cm³/mol. The Kier molecular flexibility index (Phi) is 35.0. The highest BCUT2D eigenvalue weighted by Gasteiger charge is 2.42. The Morgan fingerprint density at radius 1 is 0.540 bits per heavy atom. The molecule has 0 aliphatic carbocycles. The van der Waals surface area contributed by atoms with Crippen LogP contribution in [0.4, 0.5) is 4.79 Å². The Labute approximate surface area is 671 Å². The first-order chi connectivity index (χ1) is 54.5. The second kappa shape index (κ2) is 45.3. The van der Waals surface area contributed by atoms with E-state index in [0.29, 0.717) is 59.3 Å². The molecule has 0 unspecified atom stereocenters. The summed E-state index contributed by atoms with van der Waals surface area (Å²) in [5.74, 6) is -8.80. The molecule has 14 N–H and O–H groups in total. The monoisotopic (exact) mass is 1600 g/mol. The highest BCUT2D eigenvalue weighted by molar-refractivity contribution is 8.00. The van der Waals surface area contributed by atoms with Gasteiger partial charge < -0.3 is 74.1 Å². The fourth-order valence-electron chi connectivity index (χ4n) is 12.8. The summed E-state index contributed by atoms with van der Waals surface area (Å²) < 4.78 is 10.6. The zero-order valence-electron chi connectivity index (χ0n) is 63.2. The van der Waals surface area contributed by atoms with Crippen LogP contribution in [0, 0.1) is 5.92 Å². The predicted octanol–water partition coefficient (Wildman–Crippen LogP) is 7.30. The lowest BCUT2D eigenvalue weighted by atomic mass is 9.84. The number of ether oxygens (including phenoxy) is 2. The molecule has 7 aromatic rings. The number of hydrogen-bond donors (Lipinski definition) is 11. The summed E-state index contributed by atoms with van der Waals surface area (Å²) in [6.07, 6.45) is -1.18. The van der Waals surface area contributed by atoms with Gasteiger partial charge in [-0.3, -0.25) is 52.7 Å². The molecule has 1 fully saturated rings. The van der Waals surface area contributed by atoms with E-state index in [2.05, 4.69) is 78.9 Å². The third-order valence-electron chi connectivity index (χ3n) is 19.0. The second-order valence-electron chi connectivity index (χ2n) is 27.4. The first-order valence-electron chi connectivity index (χ1n) is 37.6. The first kappa shape index (κ1) is 87.4. The topological polar surface area (TPSA) is 401 Å². The van der Waals surface area contributed by atoms with Crippen LogP contribution in [0.1, 0.15) is 117 Å². The lowest BCUT2D eigenvalue weighted by molar-refractivity contribution is -0.142. The van der Waals surface area contributed by atoms with Crippen LogP contribution < -0.4 is 64.5 Å². The van der Waals surface area contributed by atoms with E-state index < -0.39 is 150 Å². The van der Waals surface area contributed by atoms with Crippen molar-refractivity contribution in [3.63, 3.8) is 0 Å². The number of unbranched alkanes of at least 4 members (excludes halogenated alkanes) is 1. The Morgan fingerprint density at radius 2 is 1.10 bits per heavy atom. The van der Waals surface area contributed by atoms with Gasteiger partial charge in [-0.05, 0) is 96.0 Å². The zero-order chi connectivity index (χ0) is 81.1. The van der Waals surface area contributed by atoms with Gasteiger partial charge in [-0.1, -0.05) is 214 Å². The largest absolute Gasteiger partial charge is 0.489 e. The van der Waals surface area contributed by atoms with E-state index in [1.54, 1.807) is 74.1 Å². The minimum atomic E-state index is -1.82. The number of amides is 12. The van der Waals surface area contributed by atoms with Crippen LogP contribution in [0.3, 0.4) is 0 Å². The standard InChI is InChI=1S/C84H99ClN12O14S2/c1-3-55(2)75(96-79(105)67(48-56-38-40-63(41-39-56)110-51-57-24-9-4-10-25-57)91-74(101)44-47-113-84(60-29-13-6-14-30-60,61-31-15-7-16-32-61)62-33-17-8-18-34-62)81(107)93-66(42-43-71(86)98)77(103)94-68(49-72(87)99)78(104)95-69(54-112-53-58-26-11-5-12-27-58)82(108)97-46-23-37-70(97)80(106)92-65(76(102)90-50-73(88)100)36-21-22-45-89-83(109)111-52-59-28-19-20-35-64(59)85/h4-20,24-35,38-41,55,65-70,75H,3,21-23,36-37,42-54H2,1-2H3,(H2,86,98)(H2,87,99)(H2,88,100)(H,89,109)(H,90,102)(H,91,101)(H,92,106)(H,93,107)(H,94,103)(H,95,104)(H,96,105)/t55-,65-,66-,67-,68-,69-,70-,75-/m0/s1. The summed E-state index contributed by atoms with van der Waals surface area (Å²) in [7, 11) is 0. The first-order valence-corrected chi connectivity index (χ1v) is 40.1. The molecule has 0 aromatic heterocycles. The summed E-state index contributed by atoms with van der Waals surface area (Å²) in [6.45, 7) is 3.31. The number of rotatable bonds is 45. The second-order valence-corrected chi connectivity index (χ2v) is 30.1. The van der Waals surface area contributed by atoms with Gasteiger partial charge in [0.2, 0.25) is 65.0 Å². The van der Waals surface area contributed by atoms with Gasteiger partial charge in [-0.25, -0.2) is 4.79 Å². The molecule has 29 heteroatoms. The van der Waals surface area contributed by atoms with Gasteiger partial charge in [0, 0.05) is 60.2 Å². The number of benzene rings is 7. The van der Waals surface area contributed by atoms with E-state index >= 15 is 9.59 Å². The number of nitrogens with one attached hydrogen (secondary N) is 8. The van der Waals surface area contributed by atoms with Crippen molar-refractivity contribution in [1.82, 2.24) is 47.4 Å². The number of nitrogens with zero attached hydrogens (tertiary/aromatic N) is 1. The smallest absolute Gasteiger partial charge is 0.407 e. The van der Waals surface area contributed by atoms with Crippen LogP contribution in [0.15, 0.2) is 200 Å². The van der Waals surface area contributed by atoms with Crippen LogP contribution >= 0.6 is 35.1 Å². The van der Waals surface area contributed by atoms with Gasteiger partial charge in [0.25, 0.3) is 0 Å². The number of likely N-dealkylation sites (tertiary alicyclic amines) is 1. The van der Waals surface area contributed by atoms with Gasteiger partial charge >= 0.3 is 6.09 Å². The molecular formula is C84H99ClN12O14S2. The molecule has 1 heterocycles. The summed E-state index contributed by atoms with van der Waals surface area (Å²) in [5.41, 5.74) is 22.7. The minimum Gasteiger partial charge on any atom is -0.489 e. The molecule has 0 bridgehead atoms. The number of primary amides is 3. The third-order valence-corrected chi connectivity index (χ3v) is 22.0. The van der Waals surface area contributed by atoms with Crippen molar-refractivity contribution in [2.45, 2.75) is 150 Å². The summed E-state index contributed by atoms with van der Waals surface area (Å²) in [6, 6.07) is 52.7. The van der Waals surface area contributed by atoms with Crippen molar-refractivity contribution in [1.29, 1.82) is 0 Å². The Morgan fingerprint density at radius 3 is 1.69 bits per heavy atom. The molecule has 598 valence electrons. The molecule has 8 rings (SSSR count). The number of carbonyl (C=O) groups excluding carboxylic acids is 12. The molecule has 0 saturated carbocycles. The molecule has 26 nitrogen and oxygen atoms in total. The molecule has 1 aliphatic heterocycles. The summed E-state index contributed by atoms with van der Waals surface area (Å²) in [5, 5.41) is 21.9. The fourth-order valence-corrected chi connectivity index (χ4v) is 15.5. The fraction of sp³-hybridized carbons (Fsp3) is 0.357. The van der Waals surface area contributed by atoms with Crippen molar-refractivity contribution in [2.75, 3.05) is 31.1 Å². The highest BCUT2D eigenvalue weighted by atomic mass is 35.5. The van der Waals surface area contributed by atoms with E-state index in [4.69, 9.17) is 38.3 Å². The maximum absolute atomic E-state index is 15.1. The van der Waals surface area contributed by atoms with Gasteiger partial charge in [0.1, 0.15) is 61.3 Å². The SMILES string of the molecule is CC[C@H](C)[C@H](NC(=O)[C@H](Cc1ccc(OCc2ccccc2)cc1)NC(=O)CCSC(c1ccccc1)(c1ccccc1)c1ccccc1)C(=O)N[C@@H](CCC(N)=O)C(=O)N[C@@H](CC(N)=O)C(=O)N[C@@H](CSCc1ccccc1)C(=O)N1CCC[C@H]1C(=O)N[C@@H](CCCCNC(=O)OCc1ccccc1Cl)C(=O)NCC(N)=O. The number of halogens is 1. The normalized spacial score (nSPS) is 14.3. The van der Waals surface area contributed by atoms with E-state index in [9.17, 15) is 47.9 Å². The van der Waals surface area contributed by atoms with Crippen molar-refractivity contribution in [2.24, 2.45) is 23.1 Å². The molecule has 8 atom stereocenters. The van der Waals surface area contributed by atoms with Gasteiger partial charge in [0.05, 0.1) is 17.7 Å². The lowest BCUT2D eigenvalue weighted by Gasteiger charge is -2.35. The maximum atomic E-state index is 15.1. The Balaban J connectivity index is 0.978. The van der Waals surface area contributed by atoms with Crippen LogP contribution in [-0.2, 0) is 87.6 Å². The zero-order valence-corrected chi connectivity index (χ0v) is 65.6. The van der Waals surface area contributed by atoms with Crippen LogP contribution in [0.2, 0.25) is 5.02 Å². The van der Waals surface area contributed by atoms with E-state index in [1.807, 2.05) is 115 Å². The van der Waals surface area contributed by atoms with Gasteiger partial charge in [-0.2, -0.15) is 11.8 Å². The average Bonchev–Trinajstić information content (AvgIpc) is 1.70. The minimum absolute atomic E-state index is 0.0201. The maximum Gasteiger partial charge on any atom is 0.407 e. The quantitative estimate of drug-likeness (QED) is 0.0132. The Hall–Kier alpha value is -11.2.